The molecular formula is C24H19F2N5O2. The molecule has 7 nitrogen and oxygen atoms in total. The lowest BCUT2D eigenvalue weighted by molar-refractivity contribution is -0.120. The summed E-state index contributed by atoms with van der Waals surface area (Å²) in [5.74, 6) is 0.0491. The minimum Gasteiger partial charge on any atom is -0.494 e. The highest BCUT2D eigenvalue weighted by molar-refractivity contribution is 5.99. The van der Waals surface area contributed by atoms with Gasteiger partial charge in [0, 0.05) is 42.0 Å². The molecular weight excluding hydrogens is 428 g/mol. The van der Waals surface area contributed by atoms with Gasteiger partial charge in [0.05, 0.1) is 13.7 Å². The van der Waals surface area contributed by atoms with Crippen LogP contribution in [0, 0.1) is 11.6 Å². The van der Waals surface area contributed by atoms with Gasteiger partial charge < -0.3 is 15.0 Å². The van der Waals surface area contributed by atoms with Crippen LogP contribution in [0.15, 0.2) is 54.9 Å². The van der Waals surface area contributed by atoms with Gasteiger partial charge in [0.15, 0.2) is 5.82 Å². The Kier molecular flexibility index (Phi) is 5.29. The fourth-order valence-corrected chi connectivity index (χ4v) is 3.90. The number of hydrogen-bond donors (Lipinski definition) is 1. The first-order valence-electron chi connectivity index (χ1n) is 10.3. The summed E-state index contributed by atoms with van der Waals surface area (Å²) in [5, 5.41) is 3.36. The molecule has 33 heavy (non-hydrogen) atoms. The highest BCUT2D eigenvalue weighted by atomic mass is 19.1. The summed E-state index contributed by atoms with van der Waals surface area (Å²) in [6, 6.07) is 10.2. The molecule has 2 aromatic heterocycles. The van der Waals surface area contributed by atoms with Crippen LogP contribution in [-0.4, -0.2) is 47.6 Å². The molecule has 0 saturated carbocycles. The van der Waals surface area contributed by atoms with Gasteiger partial charge in [-0.15, -0.1) is 0 Å². The maximum absolute atomic E-state index is 14.6. The lowest BCUT2D eigenvalue weighted by Crippen LogP contribution is -2.48. The van der Waals surface area contributed by atoms with Gasteiger partial charge in [0.1, 0.15) is 28.7 Å². The predicted octanol–water partition coefficient (Wildman–Crippen LogP) is 3.58. The number of pyridine rings is 1. The molecule has 1 aliphatic rings. The van der Waals surface area contributed by atoms with E-state index in [2.05, 4.69) is 10.3 Å². The lowest BCUT2D eigenvalue weighted by atomic mass is 10.0. The number of hydrogen-bond acceptors (Lipinski definition) is 6. The first-order valence-corrected chi connectivity index (χ1v) is 10.3. The van der Waals surface area contributed by atoms with Crippen LogP contribution in [0.5, 0.6) is 5.75 Å². The molecule has 2 aromatic carbocycles. The summed E-state index contributed by atoms with van der Waals surface area (Å²) in [5.41, 5.74) is 1.70. The molecule has 1 aliphatic heterocycles. The zero-order valence-electron chi connectivity index (χ0n) is 17.7. The molecule has 1 N–H and O–H groups in total. The highest BCUT2D eigenvalue weighted by Crippen LogP contribution is 2.38. The Morgan fingerprint density at radius 2 is 1.97 bits per heavy atom. The number of anilines is 1. The number of benzene rings is 2. The van der Waals surface area contributed by atoms with Gasteiger partial charge in [-0.1, -0.05) is 0 Å². The normalized spacial score (nSPS) is 13.8. The van der Waals surface area contributed by atoms with E-state index in [9.17, 15) is 13.6 Å². The molecule has 1 fully saturated rings. The third-order valence-electron chi connectivity index (χ3n) is 5.46. The number of methoxy groups -OCH3 is 1. The maximum Gasteiger partial charge on any atom is 0.239 e. The minimum absolute atomic E-state index is 0.0915. The van der Waals surface area contributed by atoms with E-state index in [0.29, 0.717) is 52.5 Å². The molecule has 0 unspecified atom stereocenters. The Morgan fingerprint density at radius 1 is 1.09 bits per heavy atom. The SMILES string of the molecule is COc1cc(-c2cc(F)ccc2F)cc2c(N3CCNC(=O)C3)nc(-c3cccnc3)nc12. The second-order valence-electron chi connectivity index (χ2n) is 7.58. The zero-order valence-corrected chi connectivity index (χ0v) is 17.7. The first-order chi connectivity index (χ1) is 16.0. The monoisotopic (exact) mass is 447 g/mol. The number of fused-ring (bicyclic) bond motifs is 1. The number of nitrogens with zero attached hydrogens (tertiary/aromatic N) is 4. The minimum atomic E-state index is -0.565. The van der Waals surface area contributed by atoms with Crippen molar-refractivity contribution in [1.82, 2.24) is 20.3 Å². The molecule has 0 spiro atoms. The molecule has 0 atom stereocenters. The number of rotatable bonds is 4. The fourth-order valence-electron chi connectivity index (χ4n) is 3.90. The number of ether oxygens (including phenoxy) is 1. The zero-order chi connectivity index (χ0) is 22.9. The summed E-state index contributed by atoms with van der Waals surface area (Å²) in [4.78, 5) is 27.5. The van der Waals surface area contributed by atoms with E-state index >= 15 is 0 Å². The van der Waals surface area contributed by atoms with E-state index in [1.165, 1.54) is 7.11 Å². The quantitative estimate of drug-likeness (QED) is 0.515. The largest absolute Gasteiger partial charge is 0.494 e. The number of nitrogens with one attached hydrogen (secondary N) is 1. The number of carbonyl (C=O) groups excluding carboxylic acids is 1. The molecule has 1 amide bonds. The first kappa shape index (κ1) is 20.7. The number of halogens is 2. The van der Waals surface area contributed by atoms with Crippen molar-refractivity contribution in [2.24, 2.45) is 0 Å². The standard InChI is InChI=1S/C24H19F2N5O2/c1-33-20-10-15(17-11-16(25)4-5-19(17)26)9-18-22(20)29-23(14-3-2-6-27-12-14)30-24(18)31-8-7-28-21(32)13-31/h2-6,9-12H,7-8,13H2,1H3,(H,28,32). The summed E-state index contributed by atoms with van der Waals surface area (Å²) in [7, 11) is 1.49. The van der Waals surface area contributed by atoms with Crippen molar-refractivity contribution in [3.8, 4) is 28.3 Å². The molecule has 166 valence electrons. The molecule has 9 heteroatoms. The van der Waals surface area contributed by atoms with Crippen LogP contribution in [0.3, 0.4) is 0 Å². The van der Waals surface area contributed by atoms with E-state index in [-0.39, 0.29) is 18.0 Å². The average molecular weight is 447 g/mol. The van der Waals surface area contributed by atoms with Gasteiger partial charge in [-0.25, -0.2) is 18.7 Å². The number of aromatic nitrogens is 3. The third-order valence-corrected chi connectivity index (χ3v) is 5.46. The Balaban J connectivity index is 1.79. The smallest absolute Gasteiger partial charge is 0.239 e. The van der Waals surface area contributed by atoms with Crippen molar-refractivity contribution in [1.29, 1.82) is 0 Å². The highest BCUT2D eigenvalue weighted by Gasteiger charge is 2.24. The van der Waals surface area contributed by atoms with Crippen LogP contribution in [0.4, 0.5) is 14.6 Å². The Hall–Kier alpha value is -4.14. The van der Waals surface area contributed by atoms with Crippen molar-refractivity contribution in [3.05, 3.63) is 66.5 Å². The predicted molar refractivity (Wildman–Crippen MR) is 120 cm³/mol. The molecule has 3 heterocycles. The van der Waals surface area contributed by atoms with E-state index in [0.717, 1.165) is 18.2 Å². The van der Waals surface area contributed by atoms with Gasteiger partial charge >= 0.3 is 0 Å². The van der Waals surface area contributed by atoms with Crippen LogP contribution in [0.25, 0.3) is 33.4 Å². The Labute approximate surface area is 188 Å². The van der Waals surface area contributed by atoms with Crippen LogP contribution < -0.4 is 15.0 Å². The van der Waals surface area contributed by atoms with Gasteiger partial charge in [0.25, 0.3) is 0 Å². The molecule has 0 radical (unpaired) electrons. The second-order valence-corrected chi connectivity index (χ2v) is 7.58. The van der Waals surface area contributed by atoms with Gasteiger partial charge in [-0.2, -0.15) is 0 Å². The average Bonchev–Trinajstić information content (AvgIpc) is 2.84. The van der Waals surface area contributed by atoms with E-state index in [1.807, 2.05) is 11.0 Å². The van der Waals surface area contributed by atoms with E-state index in [1.54, 1.807) is 30.6 Å². The van der Waals surface area contributed by atoms with E-state index in [4.69, 9.17) is 14.7 Å². The topological polar surface area (TPSA) is 80.2 Å². The summed E-state index contributed by atoms with van der Waals surface area (Å²) in [6.45, 7) is 1.10. The molecule has 0 bridgehead atoms. The fraction of sp³-hybridized carbons (Fsp3) is 0.167. The molecule has 5 rings (SSSR count). The van der Waals surface area contributed by atoms with Gasteiger partial charge in [0.2, 0.25) is 5.91 Å². The molecule has 1 saturated heterocycles. The third kappa shape index (κ3) is 3.93. The van der Waals surface area contributed by atoms with E-state index < -0.39 is 11.6 Å². The van der Waals surface area contributed by atoms with Crippen molar-refractivity contribution in [2.45, 2.75) is 0 Å². The summed E-state index contributed by atoms with van der Waals surface area (Å²) in [6.07, 6.45) is 3.30. The maximum atomic E-state index is 14.6. The van der Waals surface area contributed by atoms with Gasteiger partial charge in [-0.05, 0) is 48.0 Å². The summed E-state index contributed by atoms with van der Waals surface area (Å²) >= 11 is 0. The number of piperazine rings is 1. The number of amides is 1. The second kappa shape index (κ2) is 8.42. The van der Waals surface area contributed by atoms with Crippen molar-refractivity contribution < 1.29 is 18.3 Å². The Bertz CT molecular complexity index is 1360. The number of carbonyl (C=O) groups is 1. The molecule has 0 aliphatic carbocycles. The van der Waals surface area contributed by atoms with Crippen LogP contribution in [0.2, 0.25) is 0 Å². The lowest BCUT2D eigenvalue weighted by Gasteiger charge is -2.29. The van der Waals surface area contributed by atoms with Crippen LogP contribution in [-0.2, 0) is 4.79 Å². The van der Waals surface area contributed by atoms with Crippen LogP contribution >= 0.6 is 0 Å². The van der Waals surface area contributed by atoms with Crippen molar-refractivity contribution >= 4 is 22.6 Å². The summed E-state index contributed by atoms with van der Waals surface area (Å²) < 4.78 is 34.1. The van der Waals surface area contributed by atoms with Crippen LogP contribution in [0.1, 0.15) is 0 Å². The molecule has 4 aromatic rings. The van der Waals surface area contributed by atoms with Gasteiger partial charge in [-0.3, -0.25) is 9.78 Å². The Morgan fingerprint density at radius 3 is 2.73 bits per heavy atom. The van der Waals surface area contributed by atoms with Crippen molar-refractivity contribution in [3.63, 3.8) is 0 Å². The van der Waals surface area contributed by atoms with Crippen molar-refractivity contribution in [2.75, 3.05) is 31.6 Å².